The van der Waals surface area contributed by atoms with Gasteiger partial charge in [0.25, 0.3) is 5.56 Å². The van der Waals surface area contributed by atoms with Gasteiger partial charge in [-0.25, -0.2) is 19.4 Å². The highest BCUT2D eigenvalue weighted by atomic mass is 79.9. The highest BCUT2D eigenvalue weighted by molar-refractivity contribution is 9.10. The molecular weight excluding hydrogens is 564 g/mol. The molecule has 0 saturated carbocycles. The summed E-state index contributed by atoms with van der Waals surface area (Å²) in [7, 11) is 0. The molecule has 0 radical (unpaired) electrons. The molecule has 0 unspecified atom stereocenters. The van der Waals surface area contributed by atoms with Gasteiger partial charge in [-0.3, -0.25) is 4.79 Å². The zero-order chi connectivity index (χ0) is 27.2. The third-order valence-electron chi connectivity index (χ3n) is 6.53. The van der Waals surface area contributed by atoms with Gasteiger partial charge in [-0.2, -0.15) is 0 Å². The Labute approximate surface area is 224 Å². The number of esters is 1. The van der Waals surface area contributed by atoms with Gasteiger partial charge in [0.1, 0.15) is 12.4 Å². The Hall–Kier alpha value is -3.93. The van der Waals surface area contributed by atoms with Crippen LogP contribution in [0, 0.1) is 0 Å². The van der Waals surface area contributed by atoms with Gasteiger partial charge in [0.15, 0.2) is 0 Å². The highest BCUT2D eigenvalue weighted by Gasteiger charge is 2.51. The Morgan fingerprint density at radius 1 is 1.11 bits per heavy atom. The molecule has 0 saturated heterocycles. The van der Waals surface area contributed by atoms with E-state index < -0.39 is 23.9 Å². The summed E-state index contributed by atoms with van der Waals surface area (Å²) in [6, 6.07) is 6.79. The zero-order valence-corrected chi connectivity index (χ0v) is 22.4. The first-order valence-corrected chi connectivity index (χ1v) is 12.8. The number of cyclic esters (lactones) is 1. The standard InChI is InChI=1S/C26H23BrN2O9/c1-4-26(38-25(33)35-6-3)16-10-18-21-13(11-29(18)22(30)15(16)12-36-23(26)31)9-14-17(28-21)7-8-19(20(14)27)37-24(32)34-5-2/h7-10H,4-6,11-12H2,1-3H3/t26-/m0/s1. The van der Waals surface area contributed by atoms with E-state index in [1.165, 1.54) is 0 Å². The summed E-state index contributed by atoms with van der Waals surface area (Å²) in [5, 5.41) is 0.670. The van der Waals surface area contributed by atoms with Crippen LogP contribution in [0.25, 0.3) is 22.3 Å². The number of fused-ring (bicyclic) bond motifs is 5. The Morgan fingerprint density at radius 2 is 1.84 bits per heavy atom. The largest absolute Gasteiger partial charge is 0.513 e. The number of nitrogens with zero attached hydrogens (tertiary/aromatic N) is 2. The van der Waals surface area contributed by atoms with E-state index >= 15 is 0 Å². The number of benzene rings is 1. The van der Waals surface area contributed by atoms with Crippen molar-refractivity contribution < 1.29 is 38.1 Å². The molecule has 12 heteroatoms. The summed E-state index contributed by atoms with van der Waals surface area (Å²) in [6.07, 6.45) is -1.82. The molecule has 4 heterocycles. The van der Waals surface area contributed by atoms with Crippen molar-refractivity contribution in [3.8, 4) is 17.1 Å². The Morgan fingerprint density at radius 3 is 2.55 bits per heavy atom. The van der Waals surface area contributed by atoms with E-state index in [1.807, 2.05) is 6.07 Å². The normalized spacial score (nSPS) is 17.2. The highest BCUT2D eigenvalue weighted by Crippen LogP contribution is 2.42. The maximum Gasteiger partial charge on any atom is 0.513 e. The monoisotopic (exact) mass is 586 g/mol. The summed E-state index contributed by atoms with van der Waals surface area (Å²) in [6.45, 7) is 5.17. The van der Waals surface area contributed by atoms with E-state index in [1.54, 1.807) is 43.5 Å². The summed E-state index contributed by atoms with van der Waals surface area (Å²) >= 11 is 3.48. The Bertz CT molecular complexity index is 1560. The van der Waals surface area contributed by atoms with Crippen LogP contribution in [0.4, 0.5) is 9.59 Å². The van der Waals surface area contributed by atoms with Gasteiger partial charge in [-0.1, -0.05) is 6.92 Å². The quantitative estimate of drug-likeness (QED) is 0.186. The molecule has 11 nitrogen and oxygen atoms in total. The lowest BCUT2D eigenvalue weighted by molar-refractivity contribution is -0.175. The van der Waals surface area contributed by atoms with E-state index in [-0.39, 0.29) is 55.2 Å². The molecule has 1 aromatic carbocycles. The van der Waals surface area contributed by atoms with Crippen LogP contribution in [0.3, 0.4) is 0 Å². The lowest BCUT2D eigenvalue weighted by atomic mass is 9.85. The molecule has 2 aliphatic rings. The summed E-state index contributed by atoms with van der Waals surface area (Å²) in [5.41, 5.74) is 0.634. The first-order valence-electron chi connectivity index (χ1n) is 12.0. The molecule has 0 amide bonds. The number of carbonyl (C=O) groups is 3. The molecule has 5 rings (SSSR count). The predicted molar refractivity (Wildman–Crippen MR) is 136 cm³/mol. The van der Waals surface area contributed by atoms with Crippen LogP contribution >= 0.6 is 15.9 Å². The van der Waals surface area contributed by atoms with Crippen LogP contribution in [0.15, 0.2) is 33.5 Å². The fourth-order valence-corrected chi connectivity index (χ4v) is 5.29. The van der Waals surface area contributed by atoms with Crippen molar-refractivity contribution in [1.82, 2.24) is 9.55 Å². The van der Waals surface area contributed by atoms with Crippen LogP contribution in [-0.4, -0.2) is 41.0 Å². The number of ether oxygens (including phenoxy) is 5. The molecule has 0 fully saturated rings. The number of halogens is 1. The van der Waals surface area contributed by atoms with Gasteiger partial charge < -0.3 is 28.3 Å². The topological polar surface area (TPSA) is 132 Å². The van der Waals surface area contributed by atoms with E-state index in [0.29, 0.717) is 26.8 Å². The molecule has 0 spiro atoms. The smallest absolute Gasteiger partial charge is 0.457 e. The van der Waals surface area contributed by atoms with Gasteiger partial charge in [0, 0.05) is 16.5 Å². The third-order valence-corrected chi connectivity index (χ3v) is 7.35. The number of rotatable bonds is 5. The van der Waals surface area contributed by atoms with Crippen LogP contribution < -0.4 is 10.3 Å². The van der Waals surface area contributed by atoms with Crippen molar-refractivity contribution in [1.29, 1.82) is 0 Å². The van der Waals surface area contributed by atoms with Gasteiger partial charge in [0.2, 0.25) is 5.60 Å². The molecule has 38 heavy (non-hydrogen) atoms. The molecule has 1 atom stereocenters. The minimum atomic E-state index is -1.82. The molecule has 3 aromatic rings. The Balaban J connectivity index is 1.64. The maximum atomic E-state index is 13.6. The van der Waals surface area contributed by atoms with Crippen LogP contribution in [0.2, 0.25) is 0 Å². The summed E-state index contributed by atoms with van der Waals surface area (Å²) < 4.78 is 27.9. The summed E-state index contributed by atoms with van der Waals surface area (Å²) in [4.78, 5) is 55.4. The average Bonchev–Trinajstić information content (AvgIpc) is 3.25. The van der Waals surface area contributed by atoms with Gasteiger partial charge in [-0.15, -0.1) is 0 Å². The number of hydrogen-bond donors (Lipinski definition) is 0. The van der Waals surface area contributed by atoms with Crippen LogP contribution in [0.1, 0.15) is 43.9 Å². The SMILES string of the molecule is CCOC(=O)Oc1ccc2nc3c(cc2c1Br)Cn1c-3cc2c(c1=O)COC(=O)[C@@]2(CC)OC(=O)OCC. The summed E-state index contributed by atoms with van der Waals surface area (Å²) in [5.74, 6) is -0.506. The van der Waals surface area contributed by atoms with Crippen molar-refractivity contribution in [3.63, 3.8) is 0 Å². The number of carbonyl (C=O) groups excluding carboxylic acids is 3. The Kier molecular flexibility index (Phi) is 6.59. The van der Waals surface area contributed by atoms with Gasteiger partial charge in [0.05, 0.1) is 46.7 Å². The van der Waals surface area contributed by atoms with Gasteiger partial charge in [-0.05, 0) is 60.5 Å². The lowest BCUT2D eigenvalue weighted by Crippen LogP contribution is -2.47. The number of hydrogen-bond acceptors (Lipinski definition) is 10. The maximum absolute atomic E-state index is 13.6. The molecule has 0 aliphatic carbocycles. The first-order chi connectivity index (χ1) is 18.2. The molecular formula is C26H23BrN2O9. The average molecular weight is 587 g/mol. The van der Waals surface area contributed by atoms with E-state index in [0.717, 1.165) is 5.56 Å². The van der Waals surface area contributed by atoms with Gasteiger partial charge >= 0.3 is 18.3 Å². The fourth-order valence-electron chi connectivity index (χ4n) is 4.76. The van der Waals surface area contributed by atoms with E-state index in [2.05, 4.69) is 15.9 Å². The third kappa shape index (κ3) is 3.99. The molecule has 198 valence electrons. The van der Waals surface area contributed by atoms with Crippen molar-refractivity contribution in [3.05, 3.63) is 55.8 Å². The second-order valence-electron chi connectivity index (χ2n) is 8.58. The van der Waals surface area contributed by atoms with E-state index in [9.17, 15) is 19.2 Å². The van der Waals surface area contributed by atoms with Crippen molar-refractivity contribution >= 4 is 45.1 Å². The van der Waals surface area contributed by atoms with Crippen molar-refractivity contribution in [2.24, 2.45) is 0 Å². The molecule has 0 bridgehead atoms. The van der Waals surface area contributed by atoms with Crippen molar-refractivity contribution in [2.75, 3.05) is 13.2 Å². The first kappa shape index (κ1) is 25.7. The lowest BCUT2D eigenvalue weighted by Gasteiger charge is -2.35. The number of pyridine rings is 2. The molecule has 2 aliphatic heterocycles. The fraction of sp³-hybridized carbons (Fsp3) is 0.346. The second-order valence-corrected chi connectivity index (χ2v) is 9.37. The zero-order valence-electron chi connectivity index (χ0n) is 20.8. The molecule has 0 N–H and O–H groups in total. The van der Waals surface area contributed by atoms with Crippen LogP contribution in [-0.2, 0) is 42.5 Å². The second kappa shape index (κ2) is 9.75. The van der Waals surface area contributed by atoms with E-state index in [4.69, 9.17) is 28.7 Å². The molecule has 2 aromatic heterocycles. The predicted octanol–water partition coefficient (Wildman–Crippen LogP) is 4.56. The number of aromatic nitrogens is 2. The minimum Gasteiger partial charge on any atom is -0.457 e. The van der Waals surface area contributed by atoms with Crippen molar-refractivity contribution in [2.45, 2.75) is 45.9 Å². The minimum absolute atomic E-state index is 0.0364. The van der Waals surface area contributed by atoms with Crippen LogP contribution in [0.5, 0.6) is 5.75 Å².